The fourth-order valence-corrected chi connectivity index (χ4v) is 3.05. The highest BCUT2D eigenvalue weighted by Gasteiger charge is 2.41. The maximum Gasteiger partial charge on any atom is 0.321 e. The van der Waals surface area contributed by atoms with Crippen molar-refractivity contribution in [3.05, 3.63) is 0 Å². The van der Waals surface area contributed by atoms with Gasteiger partial charge in [0, 0.05) is 12.6 Å². The molecule has 4 atom stereocenters. The third kappa shape index (κ3) is 2.23. The first-order chi connectivity index (χ1) is 7.59. The predicted molar refractivity (Wildman–Crippen MR) is 60.3 cm³/mol. The van der Waals surface area contributed by atoms with Gasteiger partial charge in [-0.25, -0.2) is 0 Å². The van der Waals surface area contributed by atoms with Gasteiger partial charge >= 0.3 is 5.97 Å². The minimum Gasteiger partial charge on any atom is -0.480 e. The first-order valence-electron chi connectivity index (χ1n) is 6.19. The van der Waals surface area contributed by atoms with Gasteiger partial charge in [0.2, 0.25) is 0 Å². The van der Waals surface area contributed by atoms with Gasteiger partial charge in [0.15, 0.2) is 0 Å². The van der Waals surface area contributed by atoms with Gasteiger partial charge in [-0.1, -0.05) is 6.92 Å². The van der Waals surface area contributed by atoms with Crippen molar-refractivity contribution in [2.24, 2.45) is 5.92 Å². The van der Waals surface area contributed by atoms with E-state index in [4.69, 9.17) is 4.74 Å². The average Bonchev–Trinajstić information content (AvgIpc) is 2.60. The van der Waals surface area contributed by atoms with Crippen molar-refractivity contribution in [3.8, 4) is 0 Å². The van der Waals surface area contributed by atoms with Crippen LogP contribution in [-0.2, 0) is 9.53 Å². The molecule has 0 saturated carbocycles. The van der Waals surface area contributed by atoms with Crippen LogP contribution in [0.2, 0.25) is 0 Å². The van der Waals surface area contributed by atoms with Crippen LogP contribution >= 0.6 is 0 Å². The monoisotopic (exact) mass is 227 g/mol. The lowest BCUT2D eigenvalue weighted by Gasteiger charge is -2.36. The molecular weight excluding hydrogens is 206 g/mol. The van der Waals surface area contributed by atoms with Crippen LogP contribution in [0, 0.1) is 5.92 Å². The Morgan fingerprint density at radius 3 is 2.75 bits per heavy atom. The van der Waals surface area contributed by atoms with Gasteiger partial charge in [-0.3, -0.25) is 9.69 Å². The van der Waals surface area contributed by atoms with Gasteiger partial charge in [0.05, 0.1) is 6.10 Å². The second kappa shape index (κ2) is 4.72. The Morgan fingerprint density at radius 1 is 1.38 bits per heavy atom. The summed E-state index contributed by atoms with van der Waals surface area (Å²) in [5.74, 6) is -0.389. The molecule has 4 unspecified atom stereocenters. The molecule has 2 rings (SSSR count). The molecule has 16 heavy (non-hydrogen) atoms. The average molecular weight is 227 g/mol. The maximum absolute atomic E-state index is 11.3. The second-order valence-corrected chi connectivity index (χ2v) is 5.15. The highest BCUT2D eigenvalue weighted by atomic mass is 16.5. The van der Waals surface area contributed by atoms with Crippen molar-refractivity contribution >= 4 is 5.97 Å². The van der Waals surface area contributed by atoms with Gasteiger partial charge in [-0.2, -0.15) is 0 Å². The largest absolute Gasteiger partial charge is 0.480 e. The van der Waals surface area contributed by atoms with Crippen LogP contribution in [0.25, 0.3) is 0 Å². The van der Waals surface area contributed by atoms with Crippen molar-refractivity contribution in [3.63, 3.8) is 0 Å². The molecule has 2 heterocycles. The molecule has 0 amide bonds. The number of aliphatic carboxylic acids is 1. The number of hydrogen-bond acceptors (Lipinski definition) is 3. The zero-order chi connectivity index (χ0) is 11.7. The summed E-state index contributed by atoms with van der Waals surface area (Å²) >= 11 is 0. The summed E-state index contributed by atoms with van der Waals surface area (Å²) in [6, 6.07) is 0.116. The molecule has 0 aromatic heterocycles. The smallest absolute Gasteiger partial charge is 0.321 e. The number of ether oxygens (including phenoxy) is 1. The van der Waals surface area contributed by atoms with E-state index in [-0.39, 0.29) is 18.1 Å². The van der Waals surface area contributed by atoms with Crippen molar-refractivity contribution in [2.45, 2.75) is 51.3 Å². The molecule has 92 valence electrons. The van der Waals surface area contributed by atoms with E-state index in [1.54, 1.807) is 0 Å². The highest BCUT2D eigenvalue weighted by Crippen LogP contribution is 2.30. The van der Waals surface area contributed by atoms with E-state index in [1.807, 2.05) is 6.92 Å². The minimum atomic E-state index is -0.663. The Balaban J connectivity index is 2.05. The number of likely N-dealkylation sites (tertiary alicyclic amines) is 1. The molecule has 0 spiro atoms. The van der Waals surface area contributed by atoms with Crippen molar-refractivity contribution in [1.29, 1.82) is 0 Å². The minimum absolute atomic E-state index is 0.268. The Bertz CT molecular complexity index is 269. The number of carbonyl (C=O) groups is 1. The summed E-state index contributed by atoms with van der Waals surface area (Å²) in [6.45, 7) is 5.81. The van der Waals surface area contributed by atoms with E-state index < -0.39 is 5.97 Å². The quantitative estimate of drug-likeness (QED) is 0.773. The molecule has 4 nitrogen and oxygen atoms in total. The molecule has 2 saturated heterocycles. The van der Waals surface area contributed by atoms with Crippen LogP contribution in [0.1, 0.15) is 33.1 Å². The van der Waals surface area contributed by atoms with Crippen LogP contribution in [-0.4, -0.2) is 47.3 Å². The Kier molecular flexibility index (Phi) is 3.50. The number of rotatable bonds is 2. The summed E-state index contributed by atoms with van der Waals surface area (Å²) < 4.78 is 5.52. The molecule has 2 aliphatic heterocycles. The van der Waals surface area contributed by atoms with Gasteiger partial charge in [-0.15, -0.1) is 0 Å². The van der Waals surface area contributed by atoms with E-state index in [0.29, 0.717) is 6.04 Å². The van der Waals surface area contributed by atoms with Gasteiger partial charge < -0.3 is 9.84 Å². The lowest BCUT2D eigenvalue weighted by atomic mass is 9.99. The molecule has 0 bridgehead atoms. The molecule has 0 aromatic carbocycles. The Labute approximate surface area is 96.6 Å². The lowest BCUT2D eigenvalue weighted by Crippen LogP contribution is -2.48. The van der Waals surface area contributed by atoms with Crippen molar-refractivity contribution in [1.82, 2.24) is 4.90 Å². The summed E-state index contributed by atoms with van der Waals surface area (Å²) in [7, 11) is 0. The number of hydrogen-bond donors (Lipinski definition) is 1. The van der Waals surface area contributed by atoms with E-state index in [0.717, 1.165) is 32.4 Å². The normalized spacial score (nSPS) is 41.1. The topological polar surface area (TPSA) is 49.8 Å². The molecule has 0 aromatic rings. The number of nitrogens with zero attached hydrogens (tertiary/aromatic N) is 1. The molecule has 0 radical (unpaired) electrons. The molecule has 4 heteroatoms. The molecule has 1 N–H and O–H groups in total. The summed E-state index contributed by atoms with van der Waals surface area (Å²) in [5.41, 5.74) is 0. The second-order valence-electron chi connectivity index (χ2n) is 5.15. The Morgan fingerprint density at radius 2 is 2.12 bits per heavy atom. The van der Waals surface area contributed by atoms with Crippen LogP contribution < -0.4 is 0 Å². The third-order valence-electron chi connectivity index (χ3n) is 3.92. The number of carboxylic acid groups (broad SMARTS) is 1. The summed E-state index contributed by atoms with van der Waals surface area (Å²) in [5, 5.41) is 9.28. The van der Waals surface area contributed by atoms with Crippen LogP contribution in [0.5, 0.6) is 0 Å². The third-order valence-corrected chi connectivity index (χ3v) is 3.92. The van der Waals surface area contributed by atoms with Crippen LogP contribution in [0.4, 0.5) is 0 Å². The molecule has 2 fully saturated rings. The van der Waals surface area contributed by atoms with E-state index in [2.05, 4.69) is 11.8 Å². The predicted octanol–water partition coefficient (Wildman–Crippen LogP) is 1.35. The van der Waals surface area contributed by atoms with Gasteiger partial charge in [0.1, 0.15) is 6.04 Å². The fraction of sp³-hybridized carbons (Fsp3) is 0.917. The number of carboxylic acids is 1. The zero-order valence-electron chi connectivity index (χ0n) is 10.1. The summed E-state index contributed by atoms with van der Waals surface area (Å²) in [4.78, 5) is 13.5. The zero-order valence-corrected chi connectivity index (χ0v) is 10.1. The fourth-order valence-electron chi connectivity index (χ4n) is 3.05. The summed E-state index contributed by atoms with van der Waals surface area (Å²) in [6.07, 6.45) is 3.21. The van der Waals surface area contributed by atoms with Gasteiger partial charge in [-0.05, 0) is 38.6 Å². The van der Waals surface area contributed by atoms with E-state index >= 15 is 0 Å². The first-order valence-corrected chi connectivity index (χ1v) is 6.19. The van der Waals surface area contributed by atoms with E-state index in [1.165, 1.54) is 0 Å². The Hall–Kier alpha value is -0.610. The van der Waals surface area contributed by atoms with Crippen LogP contribution in [0.15, 0.2) is 0 Å². The standard InChI is InChI=1S/C12H21NO3/c1-8-3-5-13(11(8)12(14)15)10-4-6-16-9(2)7-10/h8-11H,3-7H2,1-2H3,(H,14,15). The van der Waals surface area contributed by atoms with E-state index in [9.17, 15) is 9.90 Å². The molecule has 0 aliphatic carbocycles. The van der Waals surface area contributed by atoms with Crippen molar-refractivity contribution in [2.75, 3.05) is 13.2 Å². The molecular formula is C12H21NO3. The first kappa shape index (κ1) is 11.9. The van der Waals surface area contributed by atoms with Gasteiger partial charge in [0.25, 0.3) is 0 Å². The SMILES string of the molecule is CC1CC(N2CCC(C)C2C(=O)O)CCO1. The molecule has 2 aliphatic rings. The highest BCUT2D eigenvalue weighted by molar-refractivity contribution is 5.74. The van der Waals surface area contributed by atoms with Crippen molar-refractivity contribution < 1.29 is 14.6 Å². The van der Waals surface area contributed by atoms with Crippen LogP contribution in [0.3, 0.4) is 0 Å². The lowest BCUT2D eigenvalue weighted by molar-refractivity contribution is -0.145. The maximum atomic E-state index is 11.3.